The van der Waals surface area contributed by atoms with Crippen molar-refractivity contribution in [1.29, 1.82) is 0 Å². The van der Waals surface area contributed by atoms with Crippen LogP contribution < -0.4 is 4.90 Å². The molecule has 26 heavy (non-hydrogen) atoms. The average molecular weight is 340 g/mol. The Morgan fingerprint density at radius 3 is 2.15 bits per heavy atom. The molecule has 0 aliphatic carbocycles. The molecule has 3 heterocycles. The lowest BCUT2D eigenvalue weighted by Gasteiger charge is -2.11. The van der Waals surface area contributed by atoms with Crippen LogP contribution in [0.2, 0.25) is 0 Å². The molecule has 5 aromatic rings. The summed E-state index contributed by atoms with van der Waals surface area (Å²) < 4.78 is 2.09. The normalized spacial score (nSPS) is 11.5. The minimum atomic E-state index is 0.665. The van der Waals surface area contributed by atoms with E-state index < -0.39 is 0 Å². The van der Waals surface area contributed by atoms with Gasteiger partial charge in [-0.25, -0.2) is 9.97 Å². The molecule has 0 atom stereocenters. The number of para-hydroxylation sites is 1. The minimum absolute atomic E-state index is 0.665. The molecule has 0 spiro atoms. The van der Waals surface area contributed by atoms with E-state index >= 15 is 0 Å². The Morgan fingerprint density at radius 2 is 1.42 bits per heavy atom. The van der Waals surface area contributed by atoms with E-state index in [0.29, 0.717) is 5.95 Å². The van der Waals surface area contributed by atoms with E-state index in [1.165, 1.54) is 10.8 Å². The highest BCUT2D eigenvalue weighted by Crippen LogP contribution is 2.31. The Kier molecular flexibility index (Phi) is 3.12. The third-order valence-corrected chi connectivity index (χ3v) is 4.56. The first-order valence-electron chi connectivity index (χ1n) is 8.38. The summed E-state index contributed by atoms with van der Waals surface area (Å²) in [6, 6.07) is 16.6. The van der Waals surface area contributed by atoms with Crippen molar-refractivity contribution in [2.24, 2.45) is 0 Å². The van der Waals surface area contributed by atoms with Gasteiger partial charge in [0.2, 0.25) is 5.95 Å². The van der Waals surface area contributed by atoms with Crippen LogP contribution >= 0.6 is 0 Å². The van der Waals surface area contributed by atoms with Crippen LogP contribution in [0.15, 0.2) is 60.9 Å². The lowest BCUT2D eigenvalue weighted by molar-refractivity contribution is 0.994. The molecule has 6 heteroatoms. The van der Waals surface area contributed by atoms with Gasteiger partial charge in [-0.05, 0) is 11.5 Å². The standard InChI is InChI=1S/C20H16N6/c1-25(2)20-21-11-13(12-22-20)18-23-24-19-16-9-4-3-7-14(16)15-8-5-6-10-17(15)26(18)19/h3-12H,1-2H3. The van der Waals surface area contributed by atoms with Crippen molar-refractivity contribution in [3.05, 3.63) is 60.9 Å². The molecule has 6 nitrogen and oxygen atoms in total. The van der Waals surface area contributed by atoms with Crippen LogP contribution in [0.1, 0.15) is 0 Å². The van der Waals surface area contributed by atoms with Crippen molar-refractivity contribution < 1.29 is 0 Å². The van der Waals surface area contributed by atoms with Gasteiger partial charge >= 0.3 is 0 Å². The summed E-state index contributed by atoms with van der Waals surface area (Å²) in [5, 5.41) is 12.4. The molecule has 126 valence electrons. The number of pyridine rings is 1. The molecule has 0 saturated heterocycles. The Morgan fingerprint density at radius 1 is 0.769 bits per heavy atom. The number of fused-ring (bicyclic) bond motifs is 6. The second kappa shape index (κ2) is 5.49. The minimum Gasteiger partial charge on any atom is -0.347 e. The summed E-state index contributed by atoms with van der Waals surface area (Å²) in [5.74, 6) is 1.41. The van der Waals surface area contributed by atoms with Crippen molar-refractivity contribution in [3.8, 4) is 11.4 Å². The van der Waals surface area contributed by atoms with Gasteiger partial charge in [0, 0.05) is 37.3 Å². The molecule has 0 aliphatic rings. The highest BCUT2D eigenvalue weighted by atomic mass is 15.3. The van der Waals surface area contributed by atoms with E-state index in [4.69, 9.17) is 0 Å². The van der Waals surface area contributed by atoms with Crippen LogP contribution in [0, 0.1) is 0 Å². The van der Waals surface area contributed by atoms with E-state index in [9.17, 15) is 0 Å². The third-order valence-electron chi connectivity index (χ3n) is 4.56. The predicted octanol–water partition coefficient (Wildman–Crippen LogP) is 3.56. The van der Waals surface area contributed by atoms with Crippen LogP contribution in [-0.2, 0) is 0 Å². The molecule has 5 rings (SSSR count). The van der Waals surface area contributed by atoms with E-state index in [2.05, 4.69) is 61.0 Å². The Bertz CT molecular complexity index is 1250. The van der Waals surface area contributed by atoms with Crippen molar-refractivity contribution in [2.75, 3.05) is 19.0 Å². The van der Waals surface area contributed by atoms with Gasteiger partial charge in [-0.1, -0.05) is 42.5 Å². The third kappa shape index (κ3) is 2.05. The number of hydrogen-bond donors (Lipinski definition) is 0. The molecule has 0 amide bonds. The predicted molar refractivity (Wildman–Crippen MR) is 103 cm³/mol. The van der Waals surface area contributed by atoms with E-state index in [1.807, 2.05) is 31.1 Å². The molecule has 0 radical (unpaired) electrons. The lowest BCUT2D eigenvalue weighted by atomic mass is 10.1. The van der Waals surface area contributed by atoms with Crippen molar-refractivity contribution in [2.45, 2.75) is 0 Å². The SMILES string of the molecule is CN(C)c1ncc(-c2nnc3c4ccccc4c4ccccc4n23)cn1. The first-order valence-corrected chi connectivity index (χ1v) is 8.38. The Labute approximate surface area is 149 Å². The van der Waals surface area contributed by atoms with Crippen molar-refractivity contribution in [3.63, 3.8) is 0 Å². The largest absolute Gasteiger partial charge is 0.347 e. The van der Waals surface area contributed by atoms with E-state index in [0.717, 1.165) is 27.9 Å². The fourth-order valence-corrected chi connectivity index (χ4v) is 3.35. The van der Waals surface area contributed by atoms with Crippen LogP contribution in [0.3, 0.4) is 0 Å². The van der Waals surface area contributed by atoms with Gasteiger partial charge < -0.3 is 4.90 Å². The first kappa shape index (κ1) is 14.8. The number of nitrogens with zero attached hydrogens (tertiary/aromatic N) is 6. The summed E-state index contributed by atoms with van der Waals surface area (Å²) in [6.07, 6.45) is 3.59. The molecular formula is C20H16N6. The van der Waals surface area contributed by atoms with Gasteiger partial charge in [0.15, 0.2) is 11.5 Å². The number of aromatic nitrogens is 5. The van der Waals surface area contributed by atoms with Crippen molar-refractivity contribution in [1.82, 2.24) is 24.6 Å². The van der Waals surface area contributed by atoms with Crippen molar-refractivity contribution >= 4 is 33.3 Å². The van der Waals surface area contributed by atoms with E-state index in [-0.39, 0.29) is 0 Å². The maximum Gasteiger partial charge on any atom is 0.224 e. The fraction of sp³-hybridized carbons (Fsp3) is 0.100. The molecule has 0 bridgehead atoms. The van der Waals surface area contributed by atoms with E-state index in [1.54, 1.807) is 12.4 Å². The second-order valence-corrected chi connectivity index (χ2v) is 6.41. The maximum absolute atomic E-state index is 4.48. The molecule has 0 N–H and O–H groups in total. The molecule has 0 fully saturated rings. The van der Waals surface area contributed by atoms with Crippen LogP contribution in [0.4, 0.5) is 5.95 Å². The quantitative estimate of drug-likeness (QED) is 0.460. The zero-order valence-corrected chi connectivity index (χ0v) is 14.5. The summed E-state index contributed by atoms with van der Waals surface area (Å²) in [6.45, 7) is 0. The van der Waals surface area contributed by atoms with Gasteiger partial charge in [-0.15, -0.1) is 10.2 Å². The number of hydrogen-bond acceptors (Lipinski definition) is 5. The number of rotatable bonds is 2. The summed E-state index contributed by atoms with van der Waals surface area (Å²) in [5.41, 5.74) is 2.74. The van der Waals surface area contributed by atoms with Crippen LogP contribution in [0.5, 0.6) is 0 Å². The highest BCUT2D eigenvalue weighted by Gasteiger charge is 2.16. The molecule has 0 unspecified atom stereocenters. The van der Waals surface area contributed by atoms with Gasteiger partial charge in [-0.3, -0.25) is 4.40 Å². The van der Waals surface area contributed by atoms with Gasteiger partial charge in [0.25, 0.3) is 0 Å². The molecule has 0 aliphatic heterocycles. The Hall–Kier alpha value is -3.54. The van der Waals surface area contributed by atoms with Gasteiger partial charge in [-0.2, -0.15) is 0 Å². The smallest absolute Gasteiger partial charge is 0.224 e. The van der Waals surface area contributed by atoms with Crippen LogP contribution in [-0.4, -0.2) is 38.7 Å². The topological polar surface area (TPSA) is 59.2 Å². The molecule has 0 saturated carbocycles. The zero-order chi connectivity index (χ0) is 17.7. The average Bonchev–Trinajstić information content (AvgIpc) is 3.14. The summed E-state index contributed by atoms with van der Waals surface area (Å²) >= 11 is 0. The zero-order valence-electron chi connectivity index (χ0n) is 14.5. The highest BCUT2D eigenvalue weighted by molar-refractivity contribution is 6.12. The second-order valence-electron chi connectivity index (χ2n) is 6.41. The first-order chi connectivity index (χ1) is 12.7. The molecular weight excluding hydrogens is 324 g/mol. The molecule has 2 aromatic carbocycles. The lowest BCUT2D eigenvalue weighted by Crippen LogP contribution is -2.12. The summed E-state index contributed by atoms with van der Waals surface area (Å²) in [7, 11) is 3.84. The maximum atomic E-state index is 4.48. The fourth-order valence-electron chi connectivity index (χ4n) is 3.35. The summed E-state index contributed by atoms with van der Waals surface area (Å²) in [4.78, 5) is 10.7. The number of anilines is 1. The molecule has 3 aromatic heterocycles. The monoisotopic (exact) mass is 340 g/mol. The van der Waals surface area contributed by atoms with Crippen LogP contribution in [0.25, 0.3) is 38.7 Å². The van der Waals surface area contributed by atoms with Gasteiger partial charge in [0.05, 0.1) is 11.1 Å². The number of benzene rings is 2. The van der Waals surface area contributed by atoms with Gasteiger partial charge in [0.1, 0.15) is 0 Å². The Balaban J connectivity index is 1.88.